The quantitative estimate of drug-likeness (QED) is 0.463. The van der Waals surface area contributed by atoms with Gasteiger partial charge in [-0.25, -0.2) is 4.79 Å². The summed E-state index contributed by atoms with van der Waals surface area (Å²) in [5.41, 5.74) is 2.57. The summed E-state index contributed by atoms with van der Waals surface area (Å²) in [5, 5.41) is 14.8. The maximum atomic E-state index is 12.6. The van der Waals surface area contributed by atoms with Crippen LogP contribution >= 0.6 is 11.8 Å². The maximum absolute atomic E-state index is 12.6. The third kappa shape index (κ3) is 4.21. The molecular formula is C22H23N3O3S. The van der Waals surface area contributed by atoms with E-state index in [-0.39, 0.29) is 24.0 Å². The van der Waals surface area contributed by atoms with Crippen molar-refractivity contribution >= 4 is 34.1 Å². The van der Waals surface area contributed by atoms with Gasteiger partial charge in [0, 0.05) is 35.5 Å². The largest absolute Gasteiger partial charge is 0.396 e. The number of carbonyl (C=O) groups excluding carboxylic acids is 1. The summed E-state index contributed by atoms with van der Waals surface area (Å²) in [6.07, 6.45) is 3.23. The zero-order chi connectivity index (χ0) is 20.2. The molecule has 0 radical (unpaired) electrons. The Balaban J connectivity index is 1.49. The van der Waals surface area contributed by atoms with Crippen molar-refractivity contribution in [3.05, 3.63) is 64.2 Å². The number of fused-ring (bicyclic) bond motifs is 2. The zero-order valence-corrected chi connectivity index (χ0v) is 16.9. The summed E-state index contributed by atoms with van der Waals surface area (Å²) >= 11 is 1.32. The Labute approximate surface area is 173 Å². The van der Waals surface area contributed by atoms with Crippen molar-refractivity contribution in [2.24, 2.45) is 0 Å². The topological polar surface area (TPSA) is 84.2 Å². The van der Waals surface area contributed by atoms with Gasteiger partial charge < -0.3 is 10.4 Å². The first-order valence-corrected chi connectivity index (χ1v) is 10.8. The molecule has 1 aliphatic carbocycles. The molecule has 2 N–H and O–H groups in total. The number of benzene rings is 2. The Bertz CT molecular complexity index is 1100. The molecule has 6 nitrogen and oxygen atoms in total. The highest BCUT2D eigenvalue weighted by molar-refractivity contribution is 8.00. The van der Waals surface area contributed by atoms with Gasteiger partial charge in [0.2, 0.25) is 5.91 Å². The standard InChI is InChI=1S/C22H23N3O3S/c26-13-5-12-25-19-11-4-9-17(19)21(24-22(25)28)29-14-20(27)23-18-10-3-7-15-6-1-2-8-16(15)18/h1-3,6-8,10,26H,4-5,9,11-14H2,(H,23,27). The van der Waals surface area contributed by atoms with E-state index in [1.54, 1.807) is 4.57 Å². The first kappa shape index (κ1) is 19.7. The van der Waals surface area contributed by atoms with Crippen LogP contribution in [0.5, 0.6) is 0 Å². The van der Waals surface area contributed by atoms with Gasteiger partial charge in [-0.15, -0.1) is 0 Å². The van der Waals surface area contributed by atoms with Gasteiger partial charge in [-0.1, -0.05) is 48.2 Å². The van der Waals surface area contributed by atoms with E-state index in [0.29, 0.717) is 18.0 Å². The second kappa shape index (κ2) is 8.80. The Hall–Kier alpha value is -2.64. The number of nitrogens with one attached hydrogen (secondary N) is 1. The lowest BCUT2D eigenvalue weighted by molar-refractivity contribution is -0.113. The molecule has 0 saturated carbocycles. The lowest BCUT2D eigenvalue weighted by atomic mass is 10.1. The molecule has 0 atom stereocenters. The van der Waals surface area contributed by atoms with Crippen molar-refractivity contribution in [3.8, 4) is 0 Å². The van der Waals surface area contributed by atoms with E-state index in [4.69, 9.17) is 5.11 Å². The maximum Gasteiger partial charge on any atom is 0.348 e. The fraction of sp³-hybridized carbons (Fsp3) is 0.318. The second-order valence-corrected chi connectivity index (χ2v) is 8.03. The minimum atomic E-state index is -0.295. The number of aliphatic hydroxyl groups excluding tert-OH is 1. The number of amides is 1. The number of anilines is 1. The lowest BCUT2D eigenvalue weighted by Crippen LogP contribution is -2.28. The summed E-state index contributed by atoms with van der Waals surface area (Å²) in [7, 11) is 0. The van der Waals surface area contributed by atoms with Crippen LogP contribution in [0.3, 0.4) is 0 Å². The molecule has 7 heteroatoms. The van der Waals surface area contributed by atoms with Crippen molar-refractivity contribution in [1.29, 1.82) is 0 Å². The molecule has 3 aromatic rings. The summed E-state index contributed by atoms with van der Waals surface area (Å²) in [4.78, 5) is 29.2. The molecule has 4 rings (SSSR count). The highest BCUT2D eigenvalue weighted by Crippen LogP contribution is 2.29. The Morgan fingerprint density at radius 2 is 2.00 bits per heavy atom. The lowest BCUT2D eigenvalue weighted by Gasteiger charge is -2.14. The molecule has 1 aromatic heterocycles. The smallest absolute Gasteiger partial charge is 0.348 e. The first-order chi connectivity index (χ1) is 14.2. The molecule has 0 fully saturated rings. The molecule has 29 heavy (non-hydrogen) atoms. The molecule has 0 unspecified atom stereocenters. The number of rotatable bonds is 7. The molecule has 1 heterocycles. The number of thioether (sulfide) groups is 1. The van der Waals surface area contributed by atoms with Crippen molar-refractivity contribution in [2.75, 3.05) is 17.7 Å². The molecule has 1 amide bonds. The summed E-state index contributed by atoms with van der Waals surface area (Å²) in [5.74, 6) is 0.0762. The summed E-state index contributed by atoms with van der Waals surface area (Å²) in [6, 6.07) is 13.7. The van der Waals surface area contributed by atoms with Crippen molar-refractivity contribution in [2.45, 2.75) is 37.3 Å². The van der Waals surface area contributed by atoms with E-state index in [9.17, 15) is 9.59 Å². The molecule has 2 aromatic carbocycles. The van der Waals surface area contributed by atoms with Crippen LogP contribution < -0.4 is 11.0 Å². The number of aromatic nitrogens is 2. The van der Waals surface area contributed by atoms with Crippen LogP contribution in [0.1, 0.15) is 24.1 Å². The number of aliphatic hydroxyl groups is 1. The van der Waals surface area contributed by atoms with E-state index in [1.165, 1.54) is 11.8 Å². The predicted octanol–water partition coefficient (Wildman–Crippen LogP) is 3.00. The van der Waals surface area contributed by atoms with Crippen LogP contribution in [0.15, 0.2) is 52.3 Å². The van der Waals surface area contributed by atoms with E-state index in [0.717, 1.165) is 47.0 Å². The summed E-state index contributed by atoms with van der Waals surface area (Å²) < 4.78 is 1.68. The second-order valence-electron chi connectivity index (χ2n) is 7.07. The van der Waals surface area contributed by atoms with E-state index >= 15 is 0 Å². The average Bonchev–Trinajstić information content (AvgIpc) is 3.22. The monoisotopic (exact) mass is 409 g/mol. The number of nitrogens with zero attached hydrogens (tertiary/aromatic N) is 2. The number of hydrogen-bond acceptors (Lipinski definition) is 5. The minimum Gasteiger partial charge on any atom is -0.396 e. The summed E-state index contributed by atoms with van der Waals surface area (Å²) in [6.45, 7) is 0.531. The van der Waals surface area contributed by atoms with E-state index in [1.807, 2.05) is 42.5 Å². The van der Waals surface area contributed by atoms with Gasteiger partial charge in [-0.05, 0) is 37.1 Å². The highest BCUT2D eigenvalue weighted by Gasteiger charge is 2.22. The van der Waals surface area contributed by atoms with Crippen LogP contribution in [0.2, 0.25) is 0 Å². The molecule has 150 valence electrons. The van der Waals surface area contributed by atoms with Gasteiger partial charge in [0.05, 0.1) is 5.75 Å². The Morgan fingerprint density at radius 3 is 2.86 bits per heavy atom. The third-order valence-electron chi connectivity index (χ3n) is 5.14. The Morgan fingerprint density at radius 1 is 1.17 bits per heavy atom. The first-order valence-electron chi connectivity index (χ1n) is 9.81. The molecule has 0 bridgehead atoms. The van der Waals surface area contributed by atoms with Crippen molar-refractivity contribution in [1.82, 2.24) is 9.55 Å². The van der Waals surface area contributed by atoms with Crippen LogP contribution in [0, 0.1) is 0 Å². The van der Waals surface area contributed by atoms with Gasteiger partial charge >= 0.3 is 5.69 Å². The molecule has 1 aliphatic rings. The average molecular weight is 410 g/mol. The van der Waals surface area contributed by atoms with Crippen LogP contribution in [-0.2, 0) is 24.2 Å². The van der Waals surface area contributed by atoms with Crippen molar-refractivity contribution < 1.29 is 9.90 Å². The van der Waals surface area contributed by atoms with Gasteiger partial charge in [-0.3, -0.25) is 9.36 Å². The zero-order valence-electron chi connectivity index (χ0n) is 16.1. The number of hydrogen-bond donors (Lipinski definition) is 2. The Kier molecular flexibility index (Phi) is 5.97. The van der Waals surface area contributed by atoms with Gasteiger partial charge in [0.15, 0.2) is 0 Å². The van der Waals surface area contributed by atoms with Gasteiger partial charge in [0.1, 0.15) is 5.03 Å². The predicted molar refractivity (Wildman–Crippen MR) is 116 cm³/mol. The molecule has 0 spiro atoms. The fourth-order valence-electron chi connectivity index (χ4n) is 3.82. The molecule has 0 aliphatic heterocycles. The van der Waals surface area contributed by atoms with E-state index in [2.05, 4.69) is 10.3 Å². The van der Waals surface area contributed by atoms with Crippen LogP contribution in [0.4, 0.5) is 5.69 Å². The van der Waals surface area contributed by atoms with Crippen LogP contribution in [0.25, 0.3) is 10.8 Å². The SMILES string of the molecule is O=C(CSc1nc(=O)n(CCCO)c2c1CCC2)Nc1cccc2ccccc12. The highest BCUT2D eigenvalue weighted by atomic mass is 32.2. The minimum absolute atomic E-state index is 0.0477. The third-order valence-corrected chi connectivity index (χ3v) is 6.16. The van der Waals surface area contributed by atoms with Crippen molar-refractivity contribution in [3.63, 3.8) is 0 Å². The fourth-order valence-corrected chi connectivity index (χ4v) is 4.70. The van der Waals surface area contributed by atoms with Gasteiger partial charge in [-0.2, -0.15) is 4.98 Å². The normalized spacial score (nSPS) is 12.9. The molecular weight excluding hydrogens is 386 g/mol. The van der Waals surface area contributed by atoms with E-state index < -0.39 is 0 Å². The molecule has 0 saturated heterocycles. The number of carbonyl (C=O) groups is 1. The van der Waals surface area contributed by atoms with Crippen LogP contribution in [-0.4, -0.2) is 32.9 Å². The van der Waals surface area contributed by atoms with Gasteiger partial charge in [0.25, 0.3) is 0 Å².